The van der Waals surface area contributed by atoms with Gasteiger partial charge in [0.25, 0.3) is 0 Å². The highest BCUT2D eigenvalue weighted by molar-refractivity contribution is 9.10. The van der Waals surface area contributed by atoms with E-state index >= 15 is 0 Å². The molecule has 2 nitrogen and oxygen atoms in total. The van der Waals surface area contributed by atoms with Crippen molar-refractivity contribution < 1.29 is 9.53 Å². The SMILES string of the molecule is O=Cc1ccc(Cl)cc1Oc1cc(Cl)c(Br)cc1Cl. The summed E-state index contributed by atoms with van der Waals surface area (Å²) in [6.45, 7) is 0. The Hall–Kier alpha value is -0.740. The van der Waals surface area contributed by atoms with Crippen molar-refractivity contribution in [2.24, 2.45) is 0 Å². The molecule has 0 aliphatic rings. The Morgan fingerprint density at radius 3 is 2.42 bits per heavy atom. The van der Waals surface area contributed by atoms with Gasteiger partial charge in [-0.1, -0.05) is 34.8 Å². The first-order chi connectivity index (χ1) is 9.01. The predicted octanol–water partition coefficient (Wildman–Crippen LogP) is 6.01. The van der Waals surface area contributed by atoms with Crippen molar-refractivity contribution >= 4 is 57.0 Å². The average Bonchev–Trinajstić information content (AvgIpc) is 2.36. The molecule has 0 aliphatic heterocycles. The quantitative estimate of drug-likeness (QED) is 0.481. The van der Waals surface area contributed by atoms with Crippen molar-refractivity contribution in [1.29, 1.82) is 0 Å². The first-order valence-electron chi connectivity index (χ1n) is 5.08. The number of aldehydes is 1. The van der Waals surface area contributed by atoms with Crippen LogP contribution in [0.2, 0.25) is 15.1 Å². The second-order valence-electron chi connectivity index (χ2n) is 3.60. The van der Waals surface area contributed by atoms with Crippen LogP contribution in [0.4, 0.5) is 0 Å². The Labute approximate surface area is 133 Å². The second kappa shape index (κ2) is 6.14. The number of carbonyl (C=O) groups is 1. The van der Waals surface area contributed by atoms with Crippen LogP contribution in [-0.4, -0.2) is 6.29 Å². The number of carbonyl (C=O) groups excluding carboxylic acids is 1. The van der Waals surface area contributed by atoms with Gasteiger partial charge in [0, 0.05) is 21.6 Å². The molecule has 0 unspecified atom stereocenters. The van der Waals surface area contributed by atoms with Crippen LogP contribution < -0.4 is 4.74 Å². The van der Waals surface area contributed by atoms with Gasteiger partial charge in [0.05, 0.1) is 15.6 Å². The topological polar surface area (TPSA) is 26.3 Å². The van der Waals surface area contributed by atoms with E-state index in [2.05, 4.69) is 15.9 Å². The van der Waals surface area contributed by atoms with E-state index in [1.54, 1.807) is 24.3 Å². The minimum absolute atomic E-state index is 0.322. The molecule has 2 aromatic carbocycles. The number of ether oxygens (including phenoxy) is 1. The van der Waals surface area contributed by atoms with Crippen LogP contribution in [0.15, 0.2) is 34.8 Å². The lowest BCUT2D eigenvalue weighted by Gasteiger charge is -2.11. The lowest BCUT2D eigenvalue weighted by molar-refractivity contribution is 0.112. The maximum Gasteiger partial charge on any atom is 0.153 e. The first kappa shape index (κ1) is 14.7. The van der Waals surface area contributed by atoms with E-state index in [0.717, 1.165) is 0 Å². The van der Waals surface area contributed by atoms with E-state index < -0.39 is 0 Å². The second-order valence-corrected chi connectivity index (χ2v) is 5.70. The summed E-state index contributed by atoms with van der Waals surface area (Å²) in [5, 5.41) is 1.28. The van der Waals surface area contributed by atoms with Gasteiger partial charge in [0.15, 0.2) is 6.29 Å². The zero-order valence-corrected chi connectivity index (χ0v) is 13.1. The molecule has 6 heteroatoms. The fourth-order valence-electron chi connectivity index (χ4n) is 1.39. The molecule has 0 heterocycles. The minimum Gasteiger partial charge on any atom is -0.455 e. The fraction of sp³-hybridized carbons (Fsp3) is 0. The Bertz CT molecular complexity index is 644. The summed E-state index contributed by atoms with van der Waals surface area (Å²) in [4.78, 5) is 10.9. The van der Waals surface area contributed by atoms with Crippen LogP contribution in [0.1, 0.15) is 10.4 Å². The zero-order chi connectivity index (χ0) is 14.0. The van der Waals surface area contributed by atoms with Gasteiger partial charge in [-0.2, -0.15) is 0 Å². The summed E-state index contributed by atoms with van der Waals surface area (Å²) in [5.74, 6) is 0.669. The molecule has 0 atom stereocenters. The van der Waals surface area contributed by atoms with E-state index in [0.29, 0.717) is 42.9 Å². The molecule has 0 fully saturated rings. The predicted molar refractivity (Wildman–Crippen MR) is 81.1 cm³/mol. The van der Waals surface area contributed by atoms with Crippen LogP contribution in [0.25, 0.3) is 0 Å². The normalized spacial score (nSPS) is 10.3. The summed E-state index contributed by atoms with van der Waals surface area (Å²) >= 11 is 21.2. The first-order valence-corrected chi connectivity index (χ1v) is 7.01. The van der Waals surface area contributed by atoms with E-state index in [-0.39, 0.29) is 0 Å². The summed E-state index contributed by atoms with van der Waals surface area (Å²) in [7, 11) is 0. The lowest BCUT2D eigenvalue weighted by Crippen LogP contribution is -1.91. The van der Waals surface area contributed by atoms with Gasteiger partial charge >= 0.3 is 0 Å². The zero-order valence-electron chi connectivity index (χ0n) is 9.29. The van der Waals surface area contributed by atoms with E-state index in [4.69, 9.17) is 39.5 Å². The van der Waals surface area contributed by atoms with E-state index in [9.17, 15) is 4.79 Å². The van der Waals surface area contributed by atoms with E-state index in [1.807, 2.05) is 0 Å². The number of rotatable bonds is 3. The van der Waals surface area contributed by atoms with Crippen molar-refractivity contribution in [3.8, 4) is 11.5 Å². The highest BCUT2D eigenvalue weighted by Gasteiger charge is 2.11. The number of benzene rings is 2. The molecule has 0 aromatic heterocycles. The fourth-order valence-corrected chi connectivity index (χ4v) is 2.39. The van der Waals surface area contributed by atoms with Crippen LogP contribution >= 0.6 is 50.7 Å². The van der Waals surface area contributed by atoms with Gasteiger partial charge < -0.3 is 4.74 Å². The summed E-state index contributed by atoms with van der Waals surface area (Å²) in [5.41, 5.74) is 0.375. The largest absolute Gasteiger partial charge is 0.455 e. The van der Waals surface area contributed by atoms with Gasteiger partial charge in [-0.25, -0.2) is 0 Å². The molecule has 2 rings (SSSR count). The molecule has 0 saturated heterocycles. The Morgan fingerprint density at radius 1 is 1.00 bits per heavy atom. The van der Waals surface area contributed by atoms with Crippen molar-refractivity contribution in [3.05, 3.63) is 55.4 Å². The molecule has 0 bridgehead atoms. The molecule has 98 valence electrons. The molecular formula is C13H6BrCl3O2. The third kappa shape index (κ3) is 3.42. The van der Waals surface area contributed by atoms with Gasteiger partial charge in [0.1, 0.15) is 11.5 Å². The maximum absolute atomic E-state index is 10.9. The minimum atomic E-state index is 0.322. The van der Waals surface area contributed by atoms with E-state index in [1.165, 1.54) is 6.07 Å². The highest BCUT2D eigenvalue weighted by atomic mass is 79.9. The third-order valence-corrected chi connectivity index (χ3v) is 4.02. The molecule has 0 N–H and O–H groups in total. The van der Waals surface area contributed by atoms with Gasteiger partial charge in [-0.15, -0.1) is 0 Å². The number of halogens is 4. The standard InChI is InChI=1S/C13H6BrCl3O2/c14-9-4-11(17)13(5-10(9)16)19-12-3-8(15)2-1-7(12)6-18/h1-6H. The summed E-state index contributed by atoms with van der Waals surface area (Å²) in [6, 6.07) is 7.89. The Morgan fingerprint density at radius 2 is 1.74 bits per heavy atom. The molecule has 0 saturated carbocycles. The summed E-state index contributed by atoms with van der Waals surface area (Å²) < 4.78 is 6.26. The smallest absolute Gasteiger partial charge is 0.153 e. The maximum atomic E-state index is 10.9. The van der Waals surface area contributed by atoms with Crippen LogP contribution in [0.3, 0.4) is 0 Å². The molecule has 19 heavy (non-hydrogen) atoms. The summed E-state index contributed by atoms with van der Waals surface area (Å²) in [6.07, 6.45) is 0.681. The molecule has 0 aliphatic carbocycles. The van der Waals surface area contributed by atoms with Gasteiger partial charge in [-0.05, 0) is 34.1 Å². The average molecular weight is 380 g/mol. The molecular weight excluding hydrogens is 374 g/mol. The van der Waals surface area contributed by atoms with Gasteiger partial charge in [0.2, 0.25) is 0 Å². The third-order valence-electron chi connectivity index (χ3n) is 2.30. The molecule has 0 amide bonds. The van der Waals surface area contributed by atoms with Gasteiger partial charge in [-0.3, -0.25) is 4.79 Å². The van der Waals surface area contributed by atoms with Crippen molar-refractivity contribution in [3.63, 3.8) is 0 Å². The Balaban J connectivity index is 2.44. The number of hydrogen-bond donors (Lipinski definition) is 0. The highest BCUT2D eigenvalue weighted by Crippen LogP contribution is 2.37. The molecule has 0 radical (unpaired) electrons. The molecule has 2 aromatic rings. The van der Waals surface area contributed by atoms with Crippen LogP contribution in [0.5, 0.6) is 11.5 Å². The monoisotopic (exact) mass is 378 g/mol. The van der Waals surface area contributed by atoms with Crippen molar-refractivity contribution in [2.75, 3.05) is 0 Å². The van der Waals surface area contributed by atoms with Crippen LogP contribution in [-0.2, 0) is 0 Å². The van der Waals surface area contributed by atoms with Crippen LogP contribution in [0, 0.1) is 0 Å². The Kier molecular flexibility index (Phi) is 4.74. The number of hydrogen-bond acceptors (Lipinski definition) is 2. The lowest BCUT2D eigenvalue weighted by atomic mass is 10.2. The molecule has 0 spiro atoms. The van der Waals surface area contributed by atoms with Crippen molar-refractivity contribution in [2.45, 2.75) is 0 Å². The van der Waals surface area contributed by atoms with Crippen molar-refractivity contribution in [1.82, 2.24) is 0 Å².